The van der Waals surface area contributed by atoms with Crippen molar-refractivity contribution in [1.29, 1.82) is 0 Å². The van der Waals surface area contributed by atoms with Gasteiger partial charge in [-0.3, -0.25) is 14.5 Å². The Bertz CT molecular complexity index is 948. The Balaban J connectivity index is 1.53. The molecule has 1 atom stereocenters. The second-order valence-electron chi connectivity index (χ2n) is 7.39. The zero-order valence-electron chi connectivity index (χ0n) is 15.2. The van der Waals surface area contributed by atoms with Gasteiger partial charge in [0.1, 0.15) is 0 Å². The van der Waals surface area contributed by atoms with E-state index >= 15 is 0 Å². The molecule has 7 heteroatoms. The second kappa shape index (κ2) is 6.78. The molecule has 1 spiro atoms. The number of rotatable bonds is 3. The minimum Gasteiger partial charge on any atom is -0.367 e. The third-order valence-corrected chi connectivity index (χ3v) is 5.86. The minimum atomic E-state index is -0.721. The van der Waals surface area contributed by atoms with Gasteiger partial charge in [-0.1, -0.05) is 17.7 Å². The number of carbonyl (C=O) groups is 1. The highest BCUT2D eigenvalue weighted by Crippen LogP contribution is 2.50. The van der Waals surface area contributed by atoms with Gasteiger partial charge in [0.05, 0.1) is 5.60 Å². The van der Waals surface area contributed by atoms with Crippen LogP contribution in [0.25, 0.3) is 0 Å². The summed E-state index contributed by atoms with van der Waals surface area (Å²) in [5.74, 6) is -0.474. The molecule has 6 nitrogen and oxygen atoms in total. The van der Waals surface area contributed by atoms with E-state index in [-0.39, 0.29) is 5.56 Å². The number of hydrogen-bond acceptors (Lipinski definition) is 4. The quantitative estimate of drug-likeness (QED) is 0.874. The molecule has 27 heavy (non-hydrogen) atoms. The van der Waals surface area contributed by atoms with Crippen molar-refractivity contribution in [3.63, 3.8) is 0 Å². The van der Waals surface area contributed by atoms with Gasteiger partial charge in [-0.15, -0.1) is 0 Å². The van der Waals surface area contributed by atoms with Crippen molar-refractivity contribution in [3.05, 3.63) is 68.6 Å². The molecule has 0 aliphatic carbocycles. The van der Waals surface area contributed by atoms with Gasteiger partial charge in [0.2, 0.25) is 0 Å². The van der Waals surface area contributed by atoms with Crippen LogP contribution in [-0.2, 0) is 28.7 Å². The van der Waals surface area contributed by atoms with E-state index in [9.17, 15) is 9.59 Å². The second-order valence-corrected chi connectivity index (χ2v) is 7.82. The third-order valence-electron chi connectivity index (χ3n) is 5.63. The highest BCUT2D eigenvalue weighted by Gasteiger charge is 2.48. The molecule has 1 fully saturated rings. The monoisotopic (exact) mass is 387 g/mol. The summed E-state index contributed by atoms with van der Waals surface area (Å²) in [6.45, 7) is 2.31. The number of hydrogen-bond donors (Lipinski definition) is 1. The molecule has 142 valence electrons. The Morgan fingerprint density at radius 3 is 2.70 bits per heavy atom. The summed E-state index contributed by atoms with van der Waals surface area (Å²) in [6.07, 6.45) is 2.56. The molecule has 1 amide bonds. The Morgan fingerprint density at radius 1 is 1.30 bits per heavy atom. The lowest BCUT2D eigenvalue weighted by atomic mass is 9.83. The SMILES string of the molecule is Cn1ccc(CN2CCC3(CC2)OC(C(N)=O)c2ccc(Cl)cc23)cc1=O. The fourth-order valence-corrected chi connectivity index (χ4v) is 4.29. The first-order valence-corrected chi connectivity index (χ1v) is 9.41. The van der Waals surface area contributed by atoms with Crippen LogP contribution in [0, 0.1) is 0 Å². The molecule has 0 bridgehead atoms. The van der Waals surface area contributed by atoms with Gasteiger partial charge in [-0.25, -0.2) is 0 Å². The first kappa shape index (κ1) is 18.2. The van der Waals surface area contributed by atoms with Crippen molar-refractivity contribution in [2.24, 2.45) is 12.8 Å². The van der Waals surface area contributed by atoms with Crippen molar-refractivity contribution >= 4 is 17.5 Å². The number of nitrogens with two attached hydrogens (primary N) is 1. The lowest BCUT2D eigenvalue weighted by molar-refractivity contribution is -0.148. The number of likely N-dealkylation sites (tertiary alicyclic amines) is 1. The molecule has 2 aromatic rings. The summed E-state index contributed by atoms with van der Waals surface area (Å²) in [5.41, 5.74) is 7.83. The molecule has 1 saturated heterocycles. The maximum absolute atomic E-state index is 11.9. The lowest BCUT2D eigenvalue weighted by Gasteiger charge is -2.39. The summed E-state index contributed by atoms with van der Waals surface area (Å²) in [7, 11) is 1.74. The number of carbonyl (C=O) groups excluding carboxylic acids is 1. The Hall–Kier alpha value is -2.15. The Morgan fingerprint density at radius 2 is 2.04 bits per heavy atom. The molecule has 3 heterocycles. The molecule has 0 saturated carbocycles. The van der Waals surface area contributed by atoms with Crippen LogP contribution in [0.5, 0.6) is 0 Å². The maximum atomic E-state index is 11.9. The van der Waals surface area contributed by atoms with E-state index in [1.165, 1.54) is 0 Å². The largest absolute Gasteiger partial charge is 0.367 e. The number of nitrogens with zero attached hydrogens (tertiary/aromatic N) is 2. The van der Waals surface area contributed by atoms with Gasteiger partial charge < -0.3 is 15.0 Å². The number of ether oxygens (including phenoxy) is 1. The van der Waals surface area contributed by atoms with Crippen LogP contribution in [0.2, 0.25) is 5.02 Å². The molecule has 2 aliphatic heterocycles. The predicted molar refractivity (Wildman–Crippen MR) is 102 cm³/mol. The summed E-state index contributed by atoms with van der Waals surface area (Å²) in [5, 5.41) is 0.629. The standard InChI is InChI=1S/C20H22ClN3O3/c1-23-7-4-13(10-17(23)25)12-24-8-5-20(6-9-24)16-11-14(21)2-3-15(16)18(27-20)19(22)26/h2-4,7,10-11,18H,5-6,8-9,12H2,1H3,(H2,22,26). The van der Waals surface area contributed by atoms with E-state index in [0.717, 1.165) is 42.6 Å². The van der Waals surface area contributed by atoms with Crippen LogP contribution in [0.3, 0.4) is 0 Å². The van der Waals surface area contributed by atoms with E-state index in [0.29, 0.717) is 11.6 Å². The smallest absolute Gasteiger partial charge is 0.251 e. The number of aromatic nitrogens is 1. The maximum Gasteiger partial charge on any atom is 0.251 e. The van der Waals surface area contributed by atoms with Crippen molar-refractivity contribution in [3.8, 4) is 0 Å². The number of pyridine rings is 1. The molecule has 1 aromatic heterocycles. The topological polar surface area (TPSA) is 77.6 Å². The molecular formula is C20H22ClN3O3. The molecule has 1 unspecified atom stereocenters. The lowest BCUT2D eigenvalue weighted by Crippen LogP contribution is -2.42. The van der Waals surface area contributed by atoms with E-state index in [4.69, 9.17) is 22.1 Å². The van der Waals surface area contributed by atoms with Crippen LogP contribution >= 0.6 is 11.6 Å². The number of aryl methyl sites for hydroxylation is 1. The summed E-state index contributed by atoms with van der Waals surface area (Å²) >= 11 is 6.20. The molecule has 0 radical (unpaired) electrons. The van der Waals surface area contributed by atoms with Crippen LogP contribution in [0.15, 0.2) is 41.3 Å². The van der Waals surface area contributed by atoms with Gasteiger partial charge in [-0.2, -0.15) is 0 Å². The fourth-order valence-electron chi connectivity index (χ4n) is 4.12. The molecule has 1 aromatic carbocycles. The number of primary amides is 1. The van der Waals surface area contributed by atoms with Crippen molar-refractivity contribution in [2.45, 2.75) is 31.1 Å². The van der Waals surface area contributed by atoms with E-state index in [2.05, 4.69) is 4.90 Å². The molecule has 2 N–H and O–H groups in total. The van der Waals surface area contributed by atoms with Crippen LogP contribution in [-0.4, -0.2) is 28.5 Å². The Labute approximate surface area is 162 Å². The minimum absolute atomic E-state index is 0.00650. The van der Waals surface area contributed by atoms with Gasteiger partial charge in [0.25, 0.3) is 11.5 Å². The third kappa shape index (κ3) is 3.29. The first-order chi connectivity index (χ1) is 12.9. The van der Waals surface area contributed by atoms with Crippen molar-refractivity contribution < 1.29 is 9.53 Å². The average Bonchev–Trinajstić information content (AvgIpc) is 2.94. The molecular weight excluding hydrogens is 366 g/mol. The number of fused-ring (bicyclic) bond motifs is 2. The van der Waals surface area contributed by atoms with Gasteiger partial charge in [0, 0.05) is 44.0 Å². The van der Waals surface area contributed by atoms with Crippen molar-refractivity contribution in [2.75, 3.05) is 13.1 Å². The van der Waals surface area contributed by atoms with E-state index in [1.807, 2.05) is 18.2 Å². The zero-order chi connectivity index (χ0) is 19.2. The Kier molecular flexibility index (Phi) is 4.58. The average molecular weight is 388 g/mol. The number of halogens is 1. The fraction of sp³-hybridized carbons (Fsp3) is 0.400. The zero-order valence-corrected chi connectivity index (χ0v) is 15.9. The van der Waals surface area contributed by atoms with Crippen molar-refractivity contribution in [1.82, 2.24) is 9.47 Å². The normalized spacial score (nSPS) is 21.3. The highest BCUT2D eigenvalue weighted by molar-refractivity contribution is 6.30. The van der Waals surface area contributed by atoms with Gasteiger partial charge in [-0.05, 0) is 47.7 Å². The summed E-state index contributed by atoms with van der Waals surface area (Å²) in [4.78, 5) is 26.0. The predicted octanol–water partition coefficient (Wildman–Crippen LogP) is 2.09. The van der Waals surface area contributed by atoms with E-state index in [1.54, 1.807) is 29.9 Å². The number of benzene rings is 1. The van der Waals surface area contributed by atoms with Crippen LogP contribution in [0.1, 0.15) is 35.6 Å². The van der Waals surface area contributed by atoms with Gasteiger partial charge >= 0.3 is 0 Å². The van der Waals surface area contributed by atoms with E-state index < -0.39 is 17.6 Å². The number of piperidine rings is 1. The summed E-state index contributed by atoms with van der Waals surface area (Å²) in [6, 6.07) is 9.15. The molecule has 4 rings (SSSR count). The summed E-state index contributed by atoms with van der Waals surface area (Å²) < 4.78 is 7.76. The van der Waals surface area contributed by atoms with Crippen LogP contribution < -0.4 is 11.3 Å². The molecule has 2 aliphatic rings. The first-order valence-electron chi connectivity index (χ1n) is 9.03. The van der Waals surface area contributed by atoms with Gasteiger partial charge in [0.15, 0.2) is 6.10 Å². The highest BCUT2D eigenvalue weighted by atomic mass is 35.5. The number of amides is 1. The van der Waals surface area contributed by atoms with Crippen LogP contribution in [0.4, 0.5) is 0 Å².